The molecule has 21 heavy (non-hydrogen) atoms. The van der Waals surface area contributed by atoms with Crippen molar-refractivity contribution in [1.29, 1.82) is 0 Å². The van der Waals surface area contributed by atoms with Gasteiger partial charge in [0.05, 0.1) is 10.0 Å². The van der Waals surface area contributed by atoms with Gasteiger partial charge in [0.2, 0.25) is 0 Å². The molecule has 0 amide bonds. The number of aromatic nitrogens is 3. The highest BCUT2D eigenvalue weighted by Gasteiger charge is 2.18. The number of aliphatic hydroxyl groups is 1. The molecule has 1 N–H and O–H groups in total. The molecule has 0 aliphatic rings. The molecule has 0 saturated heterocycles. The Hall–Kier alpha value is -2.05. The van der Waals surface area contributed by atoms with Gasteiger partial charge >= 0.3 is 0 Å². The number of aliphatic hydroxyl groups excluding tert-OH is 1. The van der Waals surface area contributed by atoms with E-state index in [1.165, 1.54) is 0 Å². The Kier molecular flexibility index (Phi) is 3.81. The molecular formula is C15H11BrFN3O. The number of hydrogen-bond donors (Lipinski definition) is 1. The van der Waals surface area contributed by atoms with Gasteiger partial charge in [0.1, 0.15) is 12.4 Å². The molecule has 1 aromatic heterocycles. The molecule has 3 rings (SSSR count). The molecule has 4 nitrogen and oxygen atoms in total. The predicted molar refractivity (Wildman–Crippen MR) is 80.4 cm³/mol. The summed E-state index contributed by atoms with van der Waals surface area (Å²) in [6.45, 7) is -0.280. The third-order valence-corrected chi connectivity index (χ3v) is 3.69. The summed E-state index contributed by atoms with van der Waals surface area (Å²) in [5, 5.41) is 17.4. The van der Waals surface area contributed by atoms with Gasteiger partial charge in [0.25, 0.3) is 0 Å². The van der Waals surface area contributed by atoms with E-state index >= 15 is 0 Å². The van der Waals surface area contributed by atoms with Crippen molar-refractivity contribution in [2.45, 2.75) is 6.61 Å². The molecule has 3 aromatic rings. The van der Waals surface area contributed by atoms with E-state index in [9.17, 15) is 9.50 Å². The summed E-state index contributed by atoms with van der Waals surface area (Å²) in [5.41, 5.74) is 1.08. The maximum atomic E-state index is 14.3. The van der Waals surface area contributed by atoms with Crippen LogP contribution in [0.3, 0.4) is 0 Å². The minimum Gasteiger partial charge on any atom is -0.388 e. The van der Waals surface area contributed by atoms with Crippen molar-refractivity contribution < 1.29 is 9.50 Å². The van der Waals surface area contributed by atoms with E-state index in [1.807, 2.05) is 30.3 Å². The van der Waals surface area contributed by atoms with Crippen molar-refractivity contribution in [2.24, 2.45) is 0 Å². The monoisotopic (exact) mass is 347 g/mol. The first kappa shape index (κ1) is 13.9. The van der Waals surface area contributed by atoms with Gasteiger partial charge in [-0.2, -0.15) is 0 Å². The minimum atomic E-state index is -0.411. The number of hydrogen-bond acceptors (Lipinski definition) is 3. The second-order valence-electron chi connectivity index (χ2n) is 4.37. The van der Waals surface area contributed by atoms with Crippen molar-refractivity contribution in [3.05, 3.63) is 64.6 Å². The minimum absolute atomic E-state index is 0.280. The number of para-hydroxylation sites is 1. The topological polar surface area (TPSA) is 50.9 Å². The molecule has 0 spiro atoms. The maximum Gasteiger partial charge on any atom is 0.171 e. The molecular weight excluding hydrogens is 337 g/mol. The van der Waals surface area contributed by atoms with Crippen LogP contribution in [-0.2, 0) is 6.61 Å². The third kappa shape index (κ3) is 2.48. The highest BCUT2D eigenvalue weighted by Crippen LogP contribution is 2.29. The number of rotatable bonds is 3. The summed E-state index contributed by atoms with van der Waals surface area (Å²) in [4.78, 5) is 0. The van der Waals surface area contributed by atoms with Crippen LogP contribution in [0.5, 0.6) is 0 Å². The lowest BCUT2D eigenvalue weighted by molar-refractivity contribution is 0.269. The Morgan fingerprint density at radius 1 is 1.05 bits per heavy atom. The van der Waals surface area contributed by atoms with Crippen LogP contribution in [0.2, 0.25) is 0 Å². The zero-order valence-corrected chi connectivity index (χ0v) is 12.5. The normalized spacial score (nSPS) is 10.8. The zero-order chi connectivity index (χ0) is 14.8. The summed E-state index contributed by atoms with van der Waals surface area (Å²) in [6.07, 6.45) is 0. The van der Waals surface area contributed by atoms with Gasteiger partial charge in [-0.1, -0.05) is 24.3 Å². The molecule has 106 valence electrons. The molecule has 0 aliphatic carbocycles. The van der Waals surface area contributed by atoms with Gasteiger partial charge in [-0.3, -0.25) is 4.57 Å². The van der Waals surface area contributed by atoms with Gasteiger partial charge in [0, 0.05) is 5.69 Å². The first-order valence-electron chi connectivity index (χ1n) is 6.27. The van der Waals surface area contributed by atoms with Crippen LogP contribution in [0, 0.1) is 5.82 Å². The Morgan fingerprint density at radius 3 is 2.52 bits per heavy atom. The fourth-order valence-electron chi connectivity index (χ4n) is 2.12. The Balaban J connectivity index is 2.25. The van der Waals surface area contributed by atoms with Crippen molar-refractivity contribution in [3.8, 4) is 17.1 Å². The van der Waals surface area contributed by atoms with Crippen LogP contribution in [0.1, 0.15) is 5.82 Å². The molecule has 6 heteroatoms. The first-order chi connectivity index (χ1) is 10.2. The maximum absolute atomic E-state index is 14.3. The Labute approximate surface area is 129 Å². The highest BCUT2D eigenvalue weighted by atomic mass is 79.9. The summed E-state index contributed by atoms with van der Waals surface area (Å²) < 4.78 is 16.3. The van der Waals surface area contributed by atoms with Gasteiger partial charge in [-0.25, -0.2) is 4.39 Å². The second kappa shape index (κ2) is 5.75. The zero-order valence-electron chi connectivity index (χ0n) is 10.9. The SMILES string of the molecule is OCc1nnc(-c2cccc(Br)c2F)n1-c1ccccc1. The molecule has 0 aliphatic heterocycles. The average Bonchev–Trinajstić information content (AvgIpc) is 2.94. The number of halogens is 2. The Morgan fingerprint density at radius 2 is 1.81 bits per heavy atom. The van der Waals surface area contributed by atoms with Crippen LogP contribution in [0.4, 0.5) is 4.39 Å². The van der Waals surface area contributed by atoms with Crippen molar-refractivity contribution in [2.75, 3.05) is 0 Å². The fraction of sp³-hybridized carbons (Fsp3) is 0.0667. The molecule has 0 saturated carbocycles. The highest BCUT2D eigenvalue weighted by molar-refractivity contribution is 9.10. The average molecular weight is 348 g/mol. The first-order valence-corrected chi connectivity index (χ1v) is 7.06. The van der Waals surface area contributed by atoms with Crippen molar-refractivity contribution >= 4 is 15.9 Å². The molecule has 0 unspecified atom stereocenters. The standard InChI is InChI=1S/C15H11BrFN3O/c16-12-8-4-7-11(14(12)17)15-19-18-13(9-21)20(15)10-5-2-1-3-6-10/h1-8,21H,9H2. The van der Waals surface area contributed by atoms with E-state index in [1.54, 1.807) is 22.8 Å². The Bertz CT molecular complexity index is 774. The van der Waals surface area contributed by atoms with Gasteiger partial charge in [0.15, 0.2) is 11.6 Å². The summed E-state index contributed by atoms with van der Waals surface area (Å²) >= 11 is 3.17. The summed E-state index contributed by atoms with van der Waals surface area (Å²) in [6, 6.07) is 14.3. The van der Waals surface area contributed by atoms with E-state index in [0.29, 0.717) is 21.7 Å². The molecule has 0 bridgehead atoms. The van der Waals surface area contributed by atoms with Crippen LogP contribution >= 0.6 is 15.9 Å². The van der Waals surface area contributed by atoms with E-state index in [2.05, 4.69) is 26.1 Å². The molecule has 0 radical (unpaired) electrons. The number of benzene rings is 2. The van der Waals surface area contributed by atoms with Crippen LogP contribution in [0.15, 0.2) is 53.0 Å². The van der Waals surface area contributed by atoms with E-state index in [0.717, 1.165) is 5.69 Å². The quantitative estimate of drug-likeness (QED) is 0.790. The molecule has 1 heterocycles. The lowest BCUT2D eigenvalue weighted by Crippen LogP contribution is -2.03. The van der Waals surface area contributed by atoms with Gasteiger partial charge < -0.3 is 5.11 Å². The van der Waals surface area contributed by atoms with Crippen LogP contribution in [-0.4, -0.2) is 19.9 Å². The van der Waals surface area contributed by atoms with Gasteiger partial charge in [-0.05, 0) is 40.2 Å². The van der Waals surface area contributed by atoms with E-state index < -0.39 is 5.82 Å². The molecule has 2 aromatic carbocycles. The van der Waals surface area contributed by atoms with Crippen LogP contribution < -0.4 is 0 Å². The summed E-state index contributed by atoms with van der Waals surface area (Å²) in [5.74, 6) is 0.297. The van der Waals surface area contributed by atoms with Gasteiger partial charge in [-0.15, -0.1) is 10.2 Å². The molecule has 0 fully saturated rings. The smallest absolute Gasteiger partial charge is 0.171 e. The lowest BCUT2D eigenvalue weighted by atomic mass is 10.2. The van der Waals surface area contributed by atoms with E-state index in [4.69, 9.17) is 0 Å². The number of nitrogens with zero attached hydrogens (tertiary/aromatic N) is 3. The third-order valence-electron chi connectivity index (χ3n) is 3.08. The summed E-state index contributed by atoms with van der Waals surface area (Å²) in [7, 11) is 0. The van der Waals surface area contributed by atoms with Crippen molar-refractivity contribution in [1.82, 2.24) is 14.8 Å². The molecule has 0 atom stereocenters. The fourth-order valence-corrected chi connectivity index (χ4v) is 2.48. The van der Waals surface area contributed by atoms with E-state index in [-0.39, 0.29) is 6.61 Å². The largest absolute Gasteiger partial charge is 0.388 e. The van der Waals surface area contributed by atoms with Crippen molar-refractivity contribution in [3.63, 3.8) is 0 Å². The second-order valence-corrected chi connectivity index (χ2v) is 5.22. The van der Waals surface area contributed by atoms with Crippen LogP contribution in [0.25, 0.3) is 17.1 Å². The predicted octanol–water partition coefficient (Wildman–Crippen LogP) is 3.33. The lowest BCUT2D eigenvalue weighted by Gasteiger charge is -2.10.